The zero-order valence-electron chi connectivity index (χ0n) is 17.9. The lowest BCUT2D eigenvalue weighted by molar-refractivity contribution is 0.0342. The van der Waals surface area contributed by atoms with Gasteiger partial charge in [0.1, 0.15) is 0 Å². The van der Waals surface area contributed by atoms with Crippen molar-refractivity contribution in [3.05, 3.63) is 35.4 Å². The number of nitrogens with zero attached hydrogens (tertiary/aromatic N) is 2. The summed E-state index contributed by atoms with van der Waals surface area (Å²) >= 11 is 0. The van der Waals surface area contributed by atoms with E-state index < -0.39 is 0 Å². The maximum absolute atomic E-state index is 5.44. The fraction of sp³-hybridized carbons (Fsp3) is 0.682. The molecule has 1 aromatic rings. The van der Waals surface area contributed by atoms with Gasteiger partial charge in [0.05, 0.1) is 13.2 Å². The summed E-state index contributed by atoms with van der Waals surface area (Å²) in [7, 11) is 3.63. The molecule has 0 bridgehead atoms. The van der Waals surface area contributed by atoms with Gasteiger partial charge in [0.25, 0.3) is 0 Å². The number of methoxy groups -OCH3 is 1. The molecule has 29 heavy (non-hydrogen) atoms. The van der Waals surface area contributed by atoms with E-state index in [1.807, 2.05) is 7.05 Å². The van der Waals surface area contributed by atoms with Crippen molar-refractivity contribution >= 4 is 29.9 Å². The standard InChI is InChI=1S/C22H36N4O2.HI/c1-23-21(25-18-22(7-4-8-22)9-12-27-2)24-16-19-5-3-6-20(15-19)17-26-10-13-28-14-11-26;/h3,5-6,15H,4,7-14,16-18H2,1-2H3,(H2,23,24,25);1H. The van der Waals surface area contributed by atoms with Crippen molar-refractivity contribution in [1.82, 2.24) is 15.5 Å². The molecule has 0 amide bonds. The molecule has 2 N–H and O–H groups in total. The Kier molecular flexibility index (Phi) is 10.7. The molecule has 0 unspecified atom stereocenters. The molecule has 2 aliphatic rings. The molecule has 1 saturated carbocycles. The Morgan fingerprint density at radius 2 is 1.97 bits per heavy atom. The fourth-order valence-corrected chi connectivity index (χ4v) is 4.04. The second kappa shape index (κ2) is 12.7. The van der Waals surface area contributed by atoms with E-state index in [1.54, 1.807) is 7.11 Å². The maximum Gasteiger partial charge on any atom is 0.191 e. The van der Waals surface area contributed by atoms with Gasteiger partial charge in [-0.3, -0.25) is 9.89 Å². The minimum atomic E-state index is 0. The minimum Gasteiger partial charge on any atom is -0.385 e. The molecule has 1 saturated heterocycles. The summed E-state index contributed by atoms with van der Waals surface area (Å²) in [6, 6.07) is 8.83. The highest BCUT2D eigenvalue weighted by molar-refractivity contribution is 14.0. The van der Waals surface area contributed by atoms with E-state index in [0.29, 0.717) is 5.41 Å². The first kappa shape index (κ1) is 24.4. The highest BCUT2D eigenvalue weighted by atomic mass is 127. The van der Waals surface area contributed by atoms with Gasteiger partial charge in [0.2, 0.25) is 0 Å². The van der Waals surface area contributed by atoms with Crippen molar-refractivity contribution in [3.63, 3.8) is 0 Å². The van der Waals surface area contributed by atoms with E-state index >= 15 is 0 Å². The van der Waals surface area contributed by atoms with Crippen molar-refractivity contribution < 1.29 is 9.47 Å². The van der Waals surface area contributed by atoms with E-state index in [9.17, 15) is 0 Å². The third kappa shape index (κ3) is 7.70. The molecule has 3 rings (SSSR count). The second-order valence-corrected chi connectivity index (χ2v) is 8.08. The van der Waals surface area contributed by atoms with Crippen LogP contribution in [0.1, 0.15) is 36.8 Å². The fourth-order valence-electron chi connectivity index (χ4n) is 4.04. The van der Waals surface area contributed by atoms with Gasteiger partial charge < -0.3 is 20.1 Å². The van der Waals surface area contributed by atoms with Crippen LogP contribution < -0.4 is 10.6 Å². The highest BCUT2D eigenvalue weighted by Crippen LogP contribution is 2.43. The second-order valence-electron chi connectivity index (χ2n) is 8.08. The largest absolute Gasteiger partial charge is 0.385 e. The van der Waals surface area contributed by atoms with Crippen LogP contribution in [0.3, 0.4) is 0 Å². The SMILES string of the molecule is CN=C(NCc1cccc(CN2CCOCC2)c1)NCC1(CCOC)CCC1.I. The molecule has 0 radical (unpaired) electrons. The lowest BCUT2D eigenvalue weighted by Gasteiger charge is -2.42. The van der Waals surface area contributed by atoms with Gasteiger partial charge in [-0.15, -0.1) is 24.0 Å². The summed E-state index contributed by atoms with van der Waals surface area (Å²) in [6.07, 6.45) is 5.01. The third-order valence-electron chi connectivity index (χ3n) is 6.07. The molecular formula is C22H37IN4O2. The molecule has 0 aromatic heterocycles. The Morgan fingerprint density at radius 3 is 2.62 bits per heavy atom. The number of morpholine rings is 1. The van der Waals surface area contributed by atoms with Crippen LogP contribution in [-0.4, -0.2) is 64.5 Å². The number of halogens is 1. The first-order chi connectivity index (χ1) is 13.7. The molecule has 2 fully saturated rings. The minimum absolute atomic E-state index is 0. The Bertz CT molecular complexity index is 631. The van der Waals surface area contributed by atoms with Gasteiger partial charge in [-0.1, -0.05) is 30.7 Å². The highest BCUT2D eigenvalue weighted by Gasteiger charge is 2.36. The van der Waals surface area contributed by atoms with E-state index in [0.717, 1.165) is 64.9 Å². The van der Waals surface area contributed by atoms with Crippen LogP contribution in [0.2, 0.25) is 0 Å². The Balaban J connectivity index is 0.00000300. The maximum atomic E-state index is 5.44. The van der Waals surface area contributed by atoms with Crippen LogP contribution in [0.5, 0.6) is 0 Å². The molecule has 164 valence electrons. The molecule has 1 aliphatic heterocycles. The number of benzene rings is 1. The van der Waals surface area contributed by atoms with Gasteiger partial charge in [0.15, 0.2) is 5.96 Å². The topological polar surface area (TPSA) is 58.1 Å². The number of hydrogen-bond donors (Lipinski definition) is 2. The van der Waals surface area contributed by atoms with Gasteiger partial charge in [-0.2, -0.15) is 0 Å². The molecule has 6 nitrogen and oxygen atoms in total. The van der Waals surface area contributed by atoms with Crippen LogP contribution in [0.25, 0.3) is 0 Å². The zero-order chi connectivity index (χ0) is 19.7. The molecule has 1 heterocycles. The smallest absolute Gasteiger partial charge is 0.191 e. The van der Waals surface area contributed by atoms with Gasteiger partial charge >= 0.3 is 0 Å². The van der Waals surface area contributed by atoms with Crippen molar-refractivity contribution in [2.75, 3.05) is 53.6 Å². The number of nitrogens with one attached hydrogen (secondary N) is 2. The Morgan fingerprint density at radius 1 is 1.21 bits per heavy atom. The predicted octanol–water partition coefficient (Wildman–Crippen LogP) is 3.01. The lowest BCUT2D eigenvalue weighted by Crippen LogP contribution is -2.46. The number of ether oxygens (including phenoxy) is 2. The van der Waals surface area contributed by atoms with Crippen LogP contribution in [0, 0.1) is 5.41 Å². The van der Waals surface area contributed by atoms with E-state index in [1.165, 1.54) is 30.4 Å². The lowest BCUT2D eigenvalue weighted by atomic mass is 9.67. The summed E-state index contributed by atoms with van der Waals surface area (Å²) in [5, 5.41) is 7.00. The summed E-state index contributed by atoms with van der Waals surface area (Å²) in [6.45, 7) is 7.29. The van der Waals surface area contributed by atoms with E-state index in [2.05, 4.69) is 44.8 Å². The van der Waals surface area contributed by atoms with Gasteiger partial charge in [-0.25, -0.2) is 0 Å². The normalized spacial score (nSPS) is 19.2. The van der Waals surface area contributed by atoms with E-state index in [4.69, 9.17) is 9.47 Å². The van der Waals surface area contributed by atoms with Crippen molar-refractivity contribution in [1.29, 1.82) is 0 Å². The van der Waals surface area contributed by atoms with Crippen LogP contribution in [-0.2, 0) is 22.6 Å². The van der Waals surface area contributed by atoms with Crippen LogP contribution in [0.4, 0.5) is 0 Å². The Hall–Kier alpha value is -0.900. The average molecular weight is 516 g/mol. The van der Waals surface area contributed by atoms with Crippen molar-refractivity contribution in [2.24, 2.45) is 10.4 Å². The molecular weight excluding hydrogens is 479 g/mol. The summed E-state index contributed by atoms with van der Waals surface area (Å²) in [5.41, 5.74) is 3.02. The molecule has 1 aromatic carbocycles. The summed E-state index contributed by atoms with van der Waals surface area (Å²) in [5.74, 6) is 0.877. The first-order valence-corrected chi connectivity index (χ1v) is 10.5. The van der Waals surface area contributed by atoms with Crippen LogP contribution in [0.15, 0.2) is 29.3 Å². The summed E-state index contributed by atoms with van der Waals surface area (Å²) in [4.78, 5) is 6.85. The zero-order valence-corrected chi connectivity index (χ0v) is 20.2. The van der Waals surface area contributed by atoms with Crippen LogP contribution >= 0.6 is 24.0 Å². The molecule has 0 spiro atoms. The number of aliphatic imine (C=N–C) groups is 1. The number of hydrogen-bond acceptors (Lipinski definition) is 4. The predicted molar refractivity (Wildman–Crippen MR) is 129 cm³/mol. The third-order valence-corrected chi connectivity index (χ3v) is 6.07. The average Bonchev–Trinajstić information content (AvgIpc) is 2.70. The van der Waals surface area contributed by atoms with Crippen molar-refractivity contribution in [2.45, 2.75) is 38.8 Å². The molecule has 0 atom stereocenters. The van der Waals surface area contributed by atoms with Gasteiger partial charge in [0, 0.05) is 53.5 Å². The number of guanidine groups is 1. The first-order valence-electron chi connectivity index (χ1n) is 10.5. The van der Waals surface area contributed by atoms with Crippen molar-refractivity contribution in [3.8, 4) is 0 Å². The summed E-state index contributed by atoms with van der Waals surface area (Å²) < 4.78 is 10.7. The monoisotopic (exact) mass is 516 g/mol. The van der Waals surface area contributed by atoms with Gasteiger partial charge in [-0.05, 0) is 35.8 Å². The number of rotatable bonds is 9. The molecule has 1 aliphatic carbocycles. The quantitative estimate of drug-likeness (QED) is 0.300. The molecule has 7 heteroatoms. The Labute approximate surface area is 192 Å². The van der Waals surface area contributed by atoms with E-state index in [-0.39, 0.29) is 24.0 Å².